The molecule has 182 valence electrons. The van der Waals surface area contributed by atoms with Gasteiger partial charge in [-0.15, -0.1) is 0 Å². The molecule has 0 spiro atoms. The van der Waals surface area contributed by atoms with Gasteiger partial charge in [0.25, 0.3) is 5.91 Å². The molecule has 7 heteroatoms. The Hall–Kier alpha value is -4.91. The van der Waals surface area contributed by atoms with Gasteiger partial charge in [0.15, 0.2) is 6.10 Å². The van der Waals surface area contributed by atoms with Crippen LogP contribution in [0, 0.1) is 6.92 Å². The lowest BCUT2D eigenvalue weighted by atomic mass is 10.0. The van der Waals surface area contributed by atoms with Crippen molar-refractivity contribution in [3.05, 3.63) is 108 Å². The fraction of sp³-hybridized carbons (Fsp3) is 0.100. The molecule has 0 saturated carbocycles. The average molecular weight is 489 g/mol. The number of hydrogen-bond acceptors (Lipinski definition) is 6. The number of esters is 1. The number of nitrogens with zero attached hydrogens (tertiary/aromatic N) is 3. The van der Waals surface area contributed by atoms with Gasteiger partial charge in [-0.2, -0.15) is 0 Å². The molecule has 3 aromatic carbocycles. The first kappa shape index (κ1) is 23.8. The molecule has 1 N–H and O–H groups in total. The summed E-state index contributed by atoms with van der Waals surface area (Å²) in [5.74, 6) is -0.695. The summed E-state index contributed by atoms with van der Waals surface area (Å²) in [5.41, 5.74) is 5.76. The Bertz CT molecular complexity index is 1590. The van der Waals surface area contributed by atoms with Gasteiger partial charge in [0.1, 0.15) is 5.82 Å². The van der Waals surface area contributed by atoms with Crippen molar-refractivity contribution in [2.45, 2.75) is 20.0 Å². The Morgan fingerprint density at radius 1 is 0.784 bits per heavy atom. The van der Waals surface area contributed by atoms with Gasteiger partial charge in [-0.05, 0) is 49.7 Å². The van der Waals surface area contributed by atoms with Crippen LogP contribution in [-0.2, 0) is 9.53 Å². The lowest BCUT2D eigenvalue weighted by Gasteiger charge is -2.14. The van der Waals surface area contributed by atoms with Crippen LogP contribution in [0.1, 0.15) is 22.8 Å². The summed E-state index contributed by atoms with van der Waals surface area (Å²) in [6.45, 7) is 3.42. The molecule has 1 amide bonds. The number of hydrogen-bond donors (Lipinski definition) is 1. The third-order valence-electron chi connectivity index (χ3n) is 5.81. The fourth-order valence-electron chi connectivity index (χ4n) is 3.89. The van der Waals surface area contributed by atoms with Gasteiger partial charge in [-0.3, -0.25) is 4.79 Å². The van der Waals surface area contributed by atoms with Gasteiger partial charge >= 0.3 is 5.97 Å². The van der Waals surface area contributed by atoms with E-state index in [9.17, 15) is 9.59 Å². The van der Waals surface area contributed by atoms with Gasteiger partial charge in [0.05, 0.1) is 28.0 Å². The van der Waals surface area contributed by atoms with E-state index in [2.05, 4.69) is 10.3 Å². The molecule has 0 bridgehead atoms. The Morgan fingerprint density at radius 2 is 1.41 bits per heavy atom. The van der Waals surface area contributed by atoms with Crippen LogP contribution in [0.3, 0.4) is 0 Å². The van der Waals surface area contributed by atoms with Gasteiger partial charge in [0.2, 0.25) is 0 Å². The molecule has 2 aromatic heterocycles. The third-order valence-corrected chi connectivity index (χ3v) is 5.81. The molecule has 1 unspecified atom stereocenters. The minimum absolute atomic E-state index is 0.279. The number of aryl methyl sites for hydroxylation is 1. The number of pyridine rings is 1. The first-order valence-electron chi connectivity index (χ1n) is 11.8. The Morgan fingerprint density at radius 3 is 2.03 bits per heavy atom. The van der Waals surface area contributed by atoms with Gasteiger partial charge in [-0.25, -0.2) is 19.7 Å². The zero-order chi connectivity index (χ0) is 25.8. The number of anilines is 1. The second-order valence-corrected chi connectivity index (χ2v) is 8.61. The largest absolute Gasteiger partial charge is 0.449 e. The monoisotopic (exact) mass is 488 g/mol. The molecule has 37 heavy (non-hydrogen) atoms. The molecule has 2 heterocycles. The van der Waals surface area contributed by atoms with E-state index in [1.165, 1.54) is 6.92 Å². The zero-order valence-corrected chi connectivity index (χ0v) is 20.4. The maximum absolute atomic E-state index is 12.9. The van der Waals surface area contributed by atoms with Crippen molar-refractivity contribution >= 4 is 28.7 Å². The molecular formula is C30H24N4O3. The lowest BCUT2D eigenvalue weighted by Crippen LogP contribution is -2.30. The Kier molecular flexibility index (Phi) is 6.68. The minimum atomic E-state index is -1.02. The molecule has 0 fully saturated rings. The highest BCUT2D eigenvalue weighted by Gasteiger charge is 2.21. The number of carbonyl (C=O) groups excluding carboxylic acids is 2. The predicted octanol–water partition coefficient (Wildman–Crippen LogP) is 5.85. The van der Waals surface area contributed by atoms with Crippen LogP contribution >= 0.6 is 0 Å². The fourth-order valence-corrected chi connectivity index (χ4v) is 3.89. The van der Waals surface area contributed by atoms with Crippen molar-refractivity contribution in [2.24, 2.45) is 0 Å². The van der Waals surface area contributed by atoms with Crippen molar-refractivity contribution < 1.29 is 14.3 Å². The molecule has 7 nitrogen and oxygen atoms in total. The third kappa shape index (κ3) is 5.36. The van der Waals surface area contributed by atoms with E-state index in [-0.39, 0.29) is 5.56 Å². The van der Waals surface area contributed by atoms with E-state index in [0.717, 1.165) is 22.4 Å². The van der Waals surface area contributed by atoms with Crippen LogP contribution in [0.5, 0.6) is 0 Å². The standard InChI is InChI=1S/C30H24N4O3/c1-19-15-16-31-26(17-19)34-29(35)20(2)37-30(36)23-13-14-24-25(18-23)33-28(22-11-7-4-8-12-22)27(32-24)21-9-5-3-6-10-21/h3-18,20H,1-2H3,(H,31,34,35). The van der Waals surface area contributed by atoms with E-state index < -0.39 is 18.0 Å². The van der Waals surface area contributed by atoms with Crippen molar-refractivity contribution in [3.63, 3.8) is 0 Å². The maximum Gasteiger partial charge on any atom is 0.338 e. The number of ether oxygens (including phenoxy) is 1. The molecule has 0 aliphatic carbocycles. The van der Waals surface area contributed by atoms with Crippen molar-refractivity contribution in [1.82, 2.24) is 15.0 Å². The molecular weight excluding hydrogens is 464 g/mol. The number of aromatic nitrogens is 3. The van der Waals surface area contributed by atoms with Crippen molar-refractivity contribution in [3.8, 4) is 22.5 Å². The normalized spacial score (nSPS) is 11.6. The summed E-state index contributed by atoms with van der Waals surface area (Å²) < 4.78 is 5.43. The number of amides is 1. The molecule has 0 aliphatic heterocycles. The van der Waals surface area contributed by atoms with E-state index >= 15 is 0 Å². The van der Waals surface area contributed by atoms with Crippen LogP contribution < -0.4 is 5.32 Å². The van der Waals surface area contributed by atoms with Crippen molar-refractivity contribution in [2.75, 3.05) is 5.32 Å². The Labute approximate surface area is 214 Å². The summed E-state index contributed by atoms with van der Waals surface area (Å²) in [5, 5.41) is 2.67. The van der Waals surface area contributed by atoms with Gasteiger partial charge in [-0.1, -0.05) is 60.7 Å². The van der Waals surface area contributed by atoms with Gasteiger partial charge < -0.3 is 10.1 Å². The minimum Gasteiger partial charge on any atom is -0.449 e. The van der Waals surface area contributed by atoms with E-state index in [1.54, 1.807) is 30.5 Å². The van der Waals surface area contributed by atoms with Crippen LogP contribution in [0.25, 0.3) is 33.5 Å². The van der Waals surface area contributed by atoms with Crippen LogP contribution in [0.4, 0.5) is 5.82 Å². The number of nitrogens with one attached hydrogen (secondary N) is 1. The predicted molar refractivity (Wildman–Crippen MR) is 143 cm³/mol. The highest BCUT2D eigenvalue weighted by atomic mass is 16.5. The quantitative estimate of drug-likeness (QED) is 0.301. The van der Waals surface area contributed by atoms with E-state index in [4.69, 9.17) is 14.7 Å². The molecule has 0 saturated heterocycles. The Balaban J connectivity index is 1.43. The zero-order valence-electron chi connectivity index (χ0n) is 20.4. The molecule has 0 radical (unpaired) electrons. The first-order valence-corrected chi connectivity index (χ1v) is 11.8. The van der Waals surface area contributed by atoms with Crippen molar-refractivity contribution in [1.29, 1.82) is 0 Å². The van der Waals surface area contributed by atoms with Crippen LogP contribution in [0.15, 0.2) is 97.2 Å². The van der Waals surface area contributed by atoms with Crippen LogP contribution in [0.2, 0.25) is 0 Å². The summed E-state index contributed by atoms with van der Waals surface area (Å²) in [7, 11) is 0. The number of rotatable bonds is 6. The number of benzene rings is 3. The summed E-state index contributed by atoms with van der Waals surface area (Å²) in [4.78, 5) is 39.3. The van der Waals surface area contributed by atoms with Gasteiger partial charge in [0, 0.05) is 17.3 Å². The first-order chi connectivity index (χ1) is 18.0. The average Bonchev–Trinajstić information content (AvgIpc) is 2.93. The summed E-state index contributed by atoms with van der Waals surface area (Å²) in [6.07, 6.45) is 0.585. The summed E-state index contributed by atoms with van der Waals surface area (Å²) >= 11 is 0. The topological polar surface area (TPSA) is 94.1 Å². The smallest absolute Gasteiger partial charge is 0.338 e. The van der Waals surface area contributed by atoms with Crippen LogP contribution in [-0.4, -0.2) is 32.9 Å². The maximum atomic E-state index is 12.9. The molecule has 0 aliphatic rings. The lowest BCUT2D eigenvalue weighted by molar-refractivity contribution is -0.123. The molecule has 1 atom stereocenters. The number of carbonyl (C=O) groups is 2. The van der Waals surface area contributed by atoms with E-state index in [1.807, 2.05) is 73.7 Å². The second-order valence-electron chi connectivity index (χ2n) is 8.61. The SMILES string of the molecule is Cc1ccnc(NC(=O)C(C)OC(=O)c2ccc3nc(-c4ccccc4)c(-c4ccccc4)nc3c2)c1. The summed E-state index contributed by atoms with van der Waals surface area (Å²) in [6, 6.07) is 28.2. The highest BCUT2D eigenvalue weighted by Crippen LogP contribution is 2.31. The van der Waals surface area contributed by atoms with E-state index in [0.29, 0.717) is 22.5 Å². The second kappa shape index (κ2) is 10.4. The molecule has 5 aromatic rings. The molecule has 5 rings (SSSR count). The highest BCUT2D eigenvalue weighted by molar-refractivity contribution is 5.98. The number of fused-ring (bicyclic) bond motifs is 1.